The Balaban J connectivity index is 2.24. The van der Waals surface area contributed by atoms with E-state index in [0.29, 0.717) is 6.61 Å². The molecule has 0 aliphatic carbocycles. The summed E-state index contributed by atoms with van der Waals surface area (Å²) >= 11 is 2.98. The molecule has 1 aliphatic heterocycles. The second-order valence-electron chi connectivity index (χ2n) is 3.89. The van der Waals surface area contributed by atoms with E-state index in [0.717, 1.165) is 9.94 Å². The Labute approximate surface area is 121 Å². The van der Waals surface area contributed by atoms with Gasteiger partial charge in [-0.3, -0.25) is 10.2 Å². The molecule has 0 spiro atoms. The number of ether oxygens (including phenoxy) is 1. The van der Waals surface area contributed by atoms with Crippen molar-refractivity contribution in [2.24, 2.45) is 5.10 Å². The molecule has 1 aromatic carbocycles. The van der Waals surface area contributed by atoms with Gasteiger partial charge in [0.25, 0.3) is 0 Å². The van der Waals surface area contributed by atoms with Gasteiger partial charge in [-0.15, -0.1) is 11.8 Å². The smallest absolute Gasteiger partial charge is 0.322 e. The summed E-state index contributed by atoms with van der Waals surface area (Å²) in [5.74, 6) is -0.199. The second kappa shape index (κ2) is 6.86. The highest BCUT2D eigenvalue weighted by Crippen LogP contribution is 2.34. The zero-order chi connectivity index (χ0) is 13.7. The third kappa shape index (κ3) is 3.45. The van der Waals surface area contributed by atoms with Crippen LogP contribution < -0.4 is 5.43 Å². The highest BCUT2D eigenvalue weighted by molar-refractivity contribution is 8.39. The molecule has 0 unspecified atom stereocenters. The van der Waals surface area contributed by atoms with Crippen molar-refractivity contribution in [2.45, 2.75) is 18.2 Å². The lowest BCUT2D eigenvalue weighted by molar-refractivity contribution is -0.143. The minimum atomic E-state index is -0.303. The van der Waals surface area contributed by atoms with Crippen LogP contribution in [0.25, 0.3) is 0 Å². The van der Waals surface area contributed by atoms with Crippen molar-refractivity contribution < 1.29 is 9.53 Å². The summed E-state index contributed by atoms with van der Waals surface area (Å²) in [4.78, 5) is 12.1. The topological polar surface area (TPSA) is 50.7 Å². The van der Waals surface area contributed by atoms with E-state index in [1.54, 1.807) is 0 Å². The molecule has 1 heterocycles. The predicted octanol–water partition coefficient (Wildman–Crippen LogP) is 2.63. The maximum Gasteiger partial charge on any atom is 0.322 e. The van der Waals surface area contributed by atoms with E-state index in [1.165, 1.54) is 23.5 Å². The van der Waals surface area contributed by atoms with E-state index >= 15 is 0 Å². The Kier molecular flexibility index (Phi) is 5.15. The Hall–Kier alpha value is -1.14. The number of nitrogens with one attached hydrogen (secondary N) is 1. The van der Waals surface area contributed by atoms with E-state index in [1.807, 2.05) is 43.5 Å². The van der Waals surface area contributed by atoms with Gasteiger partial charge in [0.05, 0.1) is 12.6 Å². The fourth-order valence-corrected chi connectivity index (χ4v) is 3.49. The molecule has 0 saturated carbocycles. The molecule has 0 radical (unpaired) electrons. The summed E-state index contributed by atoms with van der Waals surface area (Å²) < 4.78 is 6.01. The average molecular weight is 296 g/mol. The lowest BCUT2D eigenvalue weighted by Gasteiger charge is -2.29. The van der Waals surface area contributed by atoms with Gasteiger partial charge in [-0.05, 0) is 18.7 Å². The van der Waals surface area contributed by atoms with Crippen LogP contribution in [0.15, 0.2) is 35.4 Å². The highest BCUT2D eigenvalue weighted by atomic mass is 32.2. The molecule has 1 aliphatic rings. The van der Waals surface area contributed by atoms with Gasteiger partial charge in [-0.25, -0.2) is 0 Å². The normalized spacial score (nSPS) is 22.3. The minimum absolute atomic E-state index is 0.152. The summed E-state index contributed by atoms with van der Waals surface area (Å²) in [7, 11) is 0. The van der Waals surface area contributed by atoms with Crippen molar-refractivity contribution in [3.8, 4) is 0 Å². The molecule has 102 valence electrons. The number of esters is 1. The van der Waals surface area contributed by atoms with Crippen molar-refractivity contribution in [3.63, 3.8) is 0 Å². The number of carbonyl (C=O) groups is 1. The Morgan fingerprint density at radius 3 is 2.84 bits per heavy atom. The van der Waals surface area contributed by atoms with Gasteiger partial charge >= 0.3 is 5.97 Å². The first-order chi connectivity index (χ1) is 9.26. The zero-order valence-corrected chi connectivity index (χ0v) is 12.5. The summed E-state index contributed by atoms with van der Waals surface area (Å²) in [6.07, 6.45) is 1.94. The van der Waals surface area contributed by atoms with Crippen molar-refractivity contribution >= 4 is 33.9 Å². The van der Waals surface area contributed by atoms with Crippen LogP contribution in [-0.4, -0.2) is 28.5 Å². The van der Waals surface area contributed by atoms with Crippen molar-refractivity contribution in [3.05, 3.63) is 35.9 Å². The summed E-state index contributed by atoms with van der Waals surface area (Å²) in [6.45, 7) is 2.21. The fraction of sp³-hybridized carbons (Fsp3) is 0.385. The number of benzene rings is 1. The van der Waals surface area contributed by atoms with Crippen LogP contribution in [-0.2, 0) is 9.53 Å². The van der Waals surface area contributed by atoms with E-state index in [2.05, 4.69) is 10.5 Å². The SMILES string of the molecule is CCOC(=O)[C@@H]1SC(SC)=NN[C@H]1c1ccccc1. The molecule has 19 heavy (non-hydrogen) atoms. The van der Waals surface area contributed by atoms with Crippen LogP contribution in [0.2, 0.25) is 0 Å². The van der Waals surface area contributed by atoms with E-state index < -0.39 is 0 Å². The monoisotopic (exact) mass is 296 g/mol. The van der Waals surface area contributed by atoms with Gasteiger partial charge in [0, 0.05) is 0 Å². The fourth-order valence-electron chi connectivity index (χ4n) is 1.80. The van der Waals surface area contributed by atoms with Gasteiger partial charge in [0.1, 0.15) is 5.25 Å². The first-order valence-corrected chi connectivity index (χ1v) is 8.12. The number of rotatable bonds is 3. The van der Waals surface area contributed by atoms with Crippen LogP contribution in [0.5, 0.6) is 0 Å². The number of hydrogen-bond donors (Lipinski definition) is 1. The third-order valence-electron chi connectivity index (χ3n) is 2.68. The lowest BCUT2D eigenvalue weighted by Crippen LogP contribution is -2.38. The standard InChI is InChI=1S/C13H16N2O2S2/c1-3-17-12(16)11-10(9-7-5-4-6-8-9)14-15-13(18-2)19-11/h4-8,10-11,14H,3H2,1-2H3/t10-,11+/m0/s1. The van der Waals surface area contributed by atoms with Crippen molar-refractivity contribution in [1.82, 2.24) is 5.43 Å². The molecule has 1 N–H and O–H groups in total. The van der Waals surface area contributed by atoms with Gasteiger partial charge in [0.2, 0.25) is 0 Å². The van der Waals surface area contributed by atoms with Crippen LogP contribution in [0.1, 0.15) is 18.5 Å². The Morgan fingerprint density at radius 2 is 2.21 bits per heavy atom. The molecule has 0 aromatic heterocycles. The zero-order valence-electron chi connectivity index (χ0n) is 10.8. The maximum absolute atomic E-state index is 12.1. The number of hydrazone groups is 1. The molecular formula is C13H16N2O2S2. The number of thioether (sulfide) groups is 2. The number of nitrogens with zero attached hydrogens (tertiary/aromatic N) is 1. The van der Waals surface area contributed by atoms with Gasteiger partial charge in [-0.1, -0.05) is 42.1 Å². The van der Waals surface area contributed by atoms with Crippen LogP contribution >= 0.6 is 23.5 Å². The van der Waals surface area contributed by atoms with Crippen molar-refractivity contribution in [1.29, 1.82) is 0 Å². The first-order valence-electron chi connectivity index (χ1n) is 6.01. The molecule has 2 rings (SSSR count). The molecule has 4 nitrogen and oxygen atoms in total. The molecule has 1 aromatic rings. The van der Waals surface area contributed by atoms with Crippen LogP contribution in [0.3, 0.4) is 0 Å². The average Bonchev–Trinajstić information content (AvgIpc) is 2.47. The van der Waals surface area contributed by atoms with Crippen LogP contribution in [0.4, 0.5) is 0 Å². The molecule has 2 atom stereocenters. The second-order valence-corrected chi connectivity index (χ2v) is 6.07. The van der Waals surface area contributed by atoms with E-state index in [9.17, 15) is 4.79 Å². The maximum atomic E-state index is 12.1. The predicted molar refractivity (Wildman–Crippen MR) is 81.3 cm³/mol. The minimum Gasteiger partial charge on any atom is -0.465 e. The van der Waals surface area contributed by atoms with Gasteiger partial charge in [-0.2, -0.15) is 5.10 Å². The molecule has 0 fully saturated rings. The summed E-state index contributed by atoms with van der Waals surface area (Å²) in [5, 5.41) is 3.98. The third-order valence-corrected chi connectivity index (χ3v) is 4.92. The van der Waals surface area contributed by atoms with Gasteiger partial charge < -0.3 is 4.74 Å². The number of hydrogen-bond acceptors (Lipinski definition) is 6. The molecule has 0 saturated heterocycles. The summed E-state index contributed by atoms with van der Waals surface area (Å²) in [5.41, 5.74) is 4.11. The van der Waals surface area contributed by atoms with Gasteiger partial charge in [0.15, 0.2) is 4.38 Å². The largest absolute Gasteiger partial charge is 0.465 e. The summed E-state index contributed by atoms with van der Waals surface area (Å²) in [6, 6.07) is 9.69. The first kappa shape index (κ1) is 14.3. The quantitative estimate of drug-likeness (QED) is 0.869. The highest BCUT2D eigenvalue weighted by Gasteiger charge is 2.35. The van der Waals surface area contributed by atoms with E-state index in [4.69, 9.17) is 4.74 Å². The molecule has 0 amide bonds. The Bertz CT molecular complexity index is 465. The lowest BCUT2D eigenvalue weighted by atomic mass is 10.0. The molecule has 0 bridgehead atoms. The Morgan fingerprint density at radius 1 is 1.47 bits per heavy atom. The molecule has 6 heteroatoms. The van der Waals surface area contributed by atoms with E-state index in [-0.39, 0.29) is 17.3 Å². The number of carbonyl (C=O) groups excluding carboxylic acids is 1. The van der Waals surface area contributed by atoms with Crippen LogP contribution in [0, 0.1) is 0 Å². The molecular weight excluding hydrogens is 280 g/mol. The van der Waals surface area contributed by atoms with Crippen molar-refractivity contribution in [2.75, 3.05) is 12.9 Å².